The molecule has 2 rings (SSSR count). The molecule has 1 fully saturated rings. The maximum Gasteiger partial charge on any atom is 0.123 e. The highest BCUT2D eigenvalue weighted by Gasteiger charge is 2.19. The van der Waals surface area contributed by atoms with Crippen molar-refractivity contribution in [1.82, 2.24) is 4.90 Å². The number of halogens is 1. The summed E-state index contributed by atoms with van der Waals surface area (Å²) >= 11 is 0. The van der Waals surface area contributed by atoms with E-state index in [4.69, 9.17) is 5.26 Å². The lowest BCUT2D eigenvalue weighted by molar-refractivity contribution is 0.164. The molecule has 1 saturated heterocycles. The first-order chi connectivity index (χ1) is 8.72. The maximum atomic E-state index is 13.3. The fraction of sp³-hybridized carbons (Fsp3) is 0.533. The molecule has 1 aliphatic rings. The number of nitrogens with zero attached hydrogens (tertiary/aromatic N) is 2. The van der Waals surface area contributed by atoms with Gasteiger partial charge in [0.2, 0.25) is 0 Å². The van der Waals surface area contributed by atoms with Crippen LogP contribution in [0.4, 0.5) is 4.39 Å². The van der Waals surface area contributed by atoms with Crippen molar-refractivity contribution in [2.45, 2.75) is 32.7 Å². The number of piperidine rings is 1. The van der Waals surface area contributed by atoms with Crippen LogP contribution in [0.5, 0.6) is 0 Å². The van der Waals surface area contributed by atoms with Gasteiger partial charge in [-0.1, -0.05) is 13.3 Å². The molecule has 96 valence electrons. The van der Waals surface area contributed by atoms with Crippen molar-refractivity contribution in [3.05, 3.63) is 35.1 Å². The quantitative estimate of drug-likeness (QED) is 0.818. The smallest absolute Gasteiger partial charge is 0.123 e. The SMILES string of the molecule is CCC1CCCN(Cc2cc(F)ccc2C#N)C1. The average molecular weight is 246 g/mol. The molecule has 1 heterocycles. The first-order valence-electron chi connectivity index (χ1n) is 6.63. The zero-order valence-corrected chi connectivity index (χ0v) is 10.8. The lowest BCUT2D eigenvalue weighted by atomic mass is 9.95. The number of hydrogen-bond donors (Lipinski definition) is 0. The summed E-state index contributed by atoms with van der Waals surface area (Å²) in [6.45, 7) is 5.03. The highest BCUT2D eigenvalue weighted by molar-refractivity contribution is 5.37. The van der Waals surface area contributed by atoms with Crippen LogP contribution in [0.15, 0.2) is 18.2 Å². The van der Waals surface area contributed by atoms with Crippen LogP contribution in [0.2, 0.25) is 0 Å². The molecule has 0 saturated carbocycles. The van der Waals surface area contributed by atoms with E-state index in [0.717, 1.165) is 24.6 Å². The summed E-state index contributed by atoms with van der Waals surface area (Å²) in [4.78, 5) is 2.34. The molecule has 1 aliphatic heterocycles. The fourth-order valence-corrected chi connectivity index (χ4v) is 2.67. The number of nitriles is 1. The van der Waals surface area contributed by atoms with Gasteiger partial charge in [0.15, 0.2) is 0 Å². The molecule has 1 atom stereocenters. The van der Waals surface area contributed by atoms with Crippen LogP contribution in [0, 0.1) is 23.1 Å². The second kappa shape index (κ2) is 5.97. The summed E-state index contributed by atoms with van der Waals surface area (Å²) < 4.78 is 13.3. The van der Waals surface area contributed by atoms with Crippen molar-refractivity contribution in [2.24, 2.45) is 5.92 Å². The van der Waals surface area contributed by atoms with Gasteiger partial charge in [-0.15, -0.1) is 0 Å². The molecule has 18 heavy (non-hydrogen) atoms. The first-order valence-corrected chi connectivity index (χ1v) is 6.63. The van der Waals surface area contributed by atoms with Crippen molar-refractivity contribution < 1.29 is 4.39 Å². The Morgan fingerprint density at radius 1 is 1.50 bits per heavy atom. The van der Waals surface area contributed by atoms with Gasteiger partial charge in [-0.3, -0.25) is 4.90 Å². The van der Waals surface area contributed by atoms with E-state index in [2.05, 4.69) is 17.9 Å². The van der Waals surface area contributed by atoms with Crippen LogP contribution in [-0.2, 0) is 6.54 Å². The van der Waals surface area contributed by atoms with Crippen molar-refractivity contribution in [1.29, 1.82) is 5.26 Å². The highest BCUT2D eigenvalue weighted by atomic mass is 19.1. The van der Waals surface area contributed by atoms with E-state index in [1.807, 2.05) is 0 Å². The van der Waals surface area contributed by atoms with Crippen LogP contribution < -0.4 is 0 Å². The van der Waals surface area contributed by atoms with Gasteiger partial charge in [0.25, 0.3) is 0 Å². The van der Waals surface area contributed by atoms with E-state index < -0.39 is 0 Å². The molecule has 0 radical (unpaired) electrons. The van der Waals surface area contributed by atoms with Gasteiger partial charge in [0, 0.05) is 13.1 Å². The van der Waals surface area contributed by atoms with Crippen LogP contribution in [0.3, 0.4) is 0 Å². The number of benzene rings is 1. The molecule has 0 amide bonds. The Morgan fingerprint density at radius 2 is 2.33 bits per heavy atom. The Kier molecular flexibility index (Phi) is 4.33. The Bertz CT molecular complexity index is 450. The summed E-state index contributed by atoms with van der Waals surface area (Å²) in [7, 11) is 0. The van der Waals surface area contributed by atoms with Crippen molar-refractivity contribution in [3.63, 3.8) is 0 Å². The molecule has 0 aliphatic carbocycles. The van der Waals surface area contributed by atoms with E-state index >= 15 is 0 Å². The van der Waals surface area contributed by atoms with Gasteiger partial charge < -0.3 is 0 Å². The van der Waals surface area contributed by atoms with E-state index in [1.165, 1.54) is 31.4 Å². The van der Waals surface area contributed by atoms with E-state index in [9.17, 15) is 4.39 Å². The summed E-state index contributed by atoms with van der Waals surface area (Å²) in [5.41, 5.74) is 1.41. The molecule has 0 bridgehead atoms. The van der Waals surface area contributed by atoms with Gasteiger partial charge in [-0.25, -0.2) is 4.39 Å². The minimum absolute atomic E-state index is 0.256. The van der Waals surface area contributed by atoms with Gasteiger partial charge in [-0.05, 0) is 49.1 Å². The lowest BCUT2D eigenvalue weighted by Gasteiger charge is -2.32. The van der Waals surface area contributed by atoms with Gasteiger partial charge in [0.05, 0.1) is 11.6 Å². The third kappa shape index (κ3) is 3.08. The minimum Gasteiger partial charge on any atom is -0.299 e. The van der Waals surface area contributed by atoms with Crippen LogP contribution >= 0.6 is 0 Å². The van der Waals surface area contributed by atoms with Crippen molar-refractivity contribution >= 4 is 0 Å². The summed E-state index contributed by atoms with van der Waals surface area (Å²) in [5, 5.41) is 9.05. The Balaban J connectivity index is 2.09. The number of likely N-dealkylation sites (tertiary alicyclic amines) is 1. The third-order valence-electron chi connectivity index (χ3n) is 3.76. The van der Waals surface area contributed by atoms with Gasteiger partial charge in [0.1, 0.15) is 5.82 Å². The van der Waals surface area contributed by atoms with Crippen molar-refractivity contribution in [3.8, 4) is 6.07 Å². The van der Waals surface area contributed by atoms with Gasteiger partial charge >= 0.3 is 0 Å². The minimum atomic E-state index is -0.256. The predicted molar refractivity (Wildman–Crippen MR) is 69.4 cm³/mol. The second-order valence-corrected chi connectivity index (χ2v) is 5.06. The average Bonchev–Trinajstić information content (AvgIpc) is 2.39. The lowest BCUT2D eigenvalue weighted by Crippen LogP contribution is -2.34. The number of rotatable bonds is 3. The predicted octanol–water partition coefficient (Wildman–Crippen LogP) is 3.32. The van der Waals surface area contributed by atoms with Crippen LogP contribution in [0.1, 0.15) is 37.3 Å². The van der Waals surface area contributed by atoms with E-state index in [0.29, 0.717) is 12.1 Å². The standard InChI is InChI=1S/C15H19FN2/c1-2-12-4-3-7-18(10-12)11-14-8-15(16)6-5-13(14)9-17/h5-6,8,12H,2-4,7,10-11H2,1H3. The van der Waals surface area contributed by atoms with Crippen LogP contribution in [0.25, 0.3) is 0 Å². The molecule has 3 heteroatoms. The van der Waals surface area contributed by atoms with E-state index in [1.54, 1.807) is 6.07 Å². The number of hydrogen-bond acceptors (Lipinski definition) is 2. The fourth-order valence-electron chi connectivity index (χ4n) is 2.67. The zero-order valence-electron chi connectivity index (χ0n) is 10.8. The topological polar surface area (TPSA) is 27.0 Å². The van der Waals surface area contributed by atoms with Crippen LogP contribution in [-0.4, -0.2) is 18.0 Å². The molecule has 0 spiro atoms. The zero-order chi connectivity index (χ0) is 13.0. The largest absolute Gasteiger partial charge is 0.299 e. The molecule has 0 N–H and O–H groups in total. The Morgan fingerprint density at radius 3 is 3.06 bits per heavy atom. The van der Waals surface area contributed by atoms with E-state index in [-0.39, 0.29) is 5.82 Å². The molecule has 1 aromatic carbocycles. The first kappa shape index (κ1) is 13.0. The molecule has 0 aromatic heterocycles. The summed E-state index contributed by atoms with van der Waals surface area (Å²) in [5.74, 6) is 0.492. The second-order valence-electron chi connectivity index (χ2n) is 5.06. The third-order valence-corrected chi connectivity index (χ3v) is 3.76. The highest BCUT2D eigenvalue weighted by Crippen LogP contribution is 2.22. The summed E-state index contributed by atoms with van der Waals surface area (Å²) in [6, 6.07) is 6.57. The monoisotopic (exact) mass is 246 g/mol. The maximum absolute atomic E-state index is 13.3. The van der Waals surface area contributed by atoms with Crippen molar-refractivity contribution in [2.75, 3.05) is 13.1 Å². The molecular weight excluding hydrogens is 227 g/mol. The normalized spacial score (nSPS) is 20.6. The molecule has 1 unspecified atom stereocenters. The van der Waals surface area contributed by atoms with Gasteiger partial charge in [-0.2, -0.15) is 5.26 Å². The Labute approximate surface area is 108 Å². The molecule has 1 aromatic rings. The molecular formula is C15H19FN2. The molecule has 2 nitrogen and oxygen atoms in total. The Hall–Kier alpha value is -1.40. The summed E-state index contributed by atoms with van der Waals surface area (Å²) in [6.07, 6.45) is 3.70.